The lowest BCUT2D eigenvalue weighted by atomic mass is 9.86. The van der Waals surface area contributed by atoms with Gasteiger partial charge in [-0.3, -0.25) is 0 Å². The molecule has 0 spiro atoms. The highest BCUT2D eigenvalue weighted by atomic mass is 15.5. The van der Waals surface area contributed by atoms with Crippen molar-refractivity contribution < 1.29 is 0 Å². The predicted molar refractivity (Wildman–Crippen MR) is 64.8 cm³/mol. The topological polar surface area (TPSA) is 30.7 Å². The number of benzene rings is 1. The largest absolute Gasteiger partial charge is 0.157 e. The Morgan fingerprint density at radius 1 is 1.00 bits per heavy atom. The zero-order valence-electron chi connectivity index (χ0n) is 10.2. The number of aromatic nitrogens is 3. The van der Waals surface area contributed by atoms with Crippen molar-refractivity contribution in [1.82, 2.24) is 15.0 Å². The van der Waals surface area contributed by atoms with E-state index in [0.717, 1.165) is 5.69 Å². The molecule has 0 unspecified atom stereocenters. The number of hydrogen-bond acceptors (Lipinski definition) is 2. The van der Waals surface area contributed by atoms with Crippen molar-refractivity contribution in [3.8, 4) is 5.69 Å². The molecule has 3 heteroatoms. The summed E-state index contributed by atoms with van der Waals surface area (Å²) in [6, 6.07) is 6.45. The zero-order valence-corrected chi connectivity index (χ0v) is 10.2. The first-order chi connectivity index (χ1) is 7.47. The first-order valence-electron chi connectivity index (χ1n) is 5.46. The summed E-state index contributed by atoms with van der Waals surface area (Å²) in [4.78, 5) is 1.65. The molecule has 0 fully saturated rings. The van der Waals surface area contributed by atoms with E-state index in [1.54, 1.807) is 17.2 Å². The summed E-state index contributed by atoms with van der Waals surface area (Å²) in [5.74, 6) is 0. The van der Waals surface area contributed by atoms with Crippen molar-refractivity contribution in [2.45, 2.75) is 33.1 Å². The van der Waals surface area contributed by atoms with Gasteiger partial charge >= 0.3 is 0 Å². The lowest BCUT2D eigenvalue weighted by Crippen LogP contribution is -2.12. The molecule has 84 valence electrons. The van der Waals surface area contributed by atoms with E-state index in [4.69, 9.17) is 0 Å². The number of nitrogens with zero attached hydrogens (tertiary/aromatic N) is 3. The van der Waals surface area contributed by atoms with Crippen LogP contribution in [0.15, 0.2) is 30.6 Å². The van der Waals surface area contributed by atoms with Crippen LogP contribution in [0.1, 0.15) is 31.9 Å². The van der Waals surface area contributed by atoms with Crippen LogP contribution in [-0.2, 0) is 5.41 Å². The molecule has 0 radical (unpaired) electrons. The van der Waals surface area contributed by atoms with Crippen molar-refractivity contribution in [2.24, 2.45) is 0 Å². The summed E-state index contributed by atoms with van der Waals surface area (Å²) >= 11 is 0. The van der Waals surface area contributed by atoms with E-state index >= 15 is 0 Å². The van der Waals surface area contributed by atoms with Gasteiger partial charge in [-0.05, 0) is 35.6 Å². The molecule has 0 N–H and O–H groups in total. The Hall–Kier alpha value is -1.64. The van der Waals surface area contributed by atoms with Crippen molar-refractivity contribution in [2.75, 3.05) is 0 Å². The standard InChI is InChI=1S/C13H17N3/c1-10-7-11(13(2,3)4)9-12(8-10)16-14-5-6-15-16/h5-9H,1-4H3. The molecule has 0 atom stereocenters. The normalized spacial score (nSPS) is 11.8. The van der Waals surface area contributed by atoms with Crippen LogP contribution in [0.3, 0.4) is 0 Å². The second-order valence-electron chi connectivity index (χ2n) is 5.13. The van der Waals surface area contributed by atoms with Gasteiger partial charge in [-0.15, -0.1) is 0 Å². The van der Waals surface area contributed by atoms with Gasteiger partial charge in [-0.25, -0.2) is 0 Å². The number of hydrogen-bond donors (Lipinski definition) is 0. The van der Waals surface area contributed by atoms with E-state index in [1.165, 1.54) is 11.1 Å². The lowest BCUT2D eigenvalue weighted by molar-refractivity contribution is 0.588. The lowest BCUT2D eigenvalue weighted by Gasteiger charge is -2.20. The highest BCUT2D eigenvalue weighted by Gasteiger charge is 2.15. The van der Waals surface area contributed by atoms with Gasteiger partial charge in [-0.1, -0.05) is 26.8 Å². The second-order valence-corrected chi connectivity index (χ2v) is 5.13. The van der Waals surface area contributed by atoms with Gasteiger partial charge < -0.3 is 0 Å². The summed E-state index contributed by atoms with van der Waals surface area (Å²) in [6.07, 6.45) is 3.39. The highest BCUT2D eigenvalue weighted by molar-refractivity contribution is 5.40. The smallest absolute Gasteiger partial charge is 0.0862 e. The minimum Gasteiger partial charge on any atom is -0.157 e. The van der Waals surface area contributed by atoms with Crippen molar-refractivity contribution in [3.63, 3.8) is 0 Å². The van der Waals surface area contributed by atoms with Crippen LogP contribution < -0.4 is 0 Å². The van der Waals surface area contributed by atoms with E-state index in [0.29, 0.717) is 0 Å². The quantitative estimate of drug-likeness (QED) is 0.732. The van der Waals surface area contributed by atoms with Crippen LogP contribution in [0.5, 0.6) is 0 Å². The van der Waals surface area contributed by atoms with Crippen LogP contribution >= 0.6 is 0 Å². The average molecular weight is 215 g/mol. The first-order valence-corrected chi connectivity index (χ1v) is 5.46. The minimum atomic E-state index is 0.147. The molecule has 16 heavy (non-hydrogen) atoms. The molecule has 0 saturated heterocycles. The molecule has 2 aromatic rings. The van der Waals surface area contributed by atoms with Gasteiger partial charge in [0.1, 0.15) is 0 Å². The third-order valence-corrected chi connectivity index (χ3v) is 2.58. The van der Waals surface area contributed by atoms with Crippen LogP contribution in [-0.4, -0.2) is 15.0 Å². The van der Waals surface area contributed by atoms with E-state index in [-0.39, 0.29) is 5.41 Å². The Morgan fingerprint density at radius 3 is 2.19 bits per heavy atom. The second kappa shape index (κ2) is 3.74. The van der Waals surface area contributed by atoms with Gasteiger partial charge in [0.2, 0.25) is 0 Å². The van der Waals surface area contributed by atoms with Crippen molar-refractivity contribution in [1.29, 1.82) is 0 Å². The fourth-order valence-corrected chi connectivity index (χ4v) is 1.66. The Bertz CT molecular complexity index is 478. The Balaban J connectivity index is 2.53. The maximum Gasteiger partial charge on any atom is 0.0862 e. The predicted octanol–water partition coefficient (Wildman–Crippen LogP) is 2.87. The molecule has 0 bridgehead atoms. The van der Waals surface area contributed by atoms with Crippen LogP contribution in [0, 0.1) is 6.92 Å². The summed E-state index contributed by atoms with van der Waals surface area (Å²) < 4.78 is 0. The SMILES string of the molecule is Cc1cc(-n2nccn2)cc(C(C)(C)C)c1. The summed E-state index contributed by atoms with van der Waals surface area (Å²) in [5, 5.41) is 8.31. The molecular formula is C13H17N3. The molecule has 3 nitrogen and oxygen atoms in total. The molecule has 2 rings (SSSR count). The summed E-state index contributed by atoms with van der Waals surface area (Å²) in [7, 11) is 0. The van der Waals surface area contributed by atoms with E-state index in [2.05, 4.69) is 56.1 Å². The average Bonchev–Trinajstić information content (AvgIpc) is 2.68. The minimum absolute atomic E-state index is 0.147. The van der Waals surface area contributed by atoms with Crippen molar-refractivity contribution in [3.05, 3.63) is 41.7 Å². The molecule has 0 amide bonds. The molecule has 1 heterocycles. The van der Waals surface area contributed by atoms with Crippen LogP contribution in [0.25, 0.3) is 5.69 Å². The van der Waals surface area contributed by atoms with Gasteiger partial charge in [0.15, 0.2) is 0 Å². The van der Waals surface area contributed by atoms with Crippen LogP contribution in [0.2, 0.25) is 0 Å². The maximum atomic E-state index is 4.16. The van der Waals surface area contributed by atoms with Gasteiger partial charge in [-0.2, -0.15) is 15.0 Å². The summed E-state index contributed by atoms with van der Waals surface area (Å²) in [5.41, 5.74) is 3.71. The molecule has 1 aromatic heterocycles. The summed E-state index contributed by atoms with van der Waals surface area (Å²) in [6.45, 7) is 8.73. The number of rotatable bonds is 1. The molecule has 0 aliphatic rings. The van der Waals surface area contributed by atoms with Crippen molar-refractivity contribution >= 4 is 0 Å². The molecule has 0 aliphatic carbocycles. The van der Waals surface area contributed by atoms with Gasteiger partial charge in [0.25, 0.3) is 0 Å². The monoisotopic (exact) mass is 215 g/mol. The molecule has 1 aromatic carbocycles. The number of aryl methyl sites for hydroxylation is 1. The Labute approximate surface area is 96.1 Å². The zero-order chi connectivity index (χ0) is 11.8. The van der Waals surface area contributed by atoms with E-state index < -0.39 is 0 Å². The molecule has 0 aliphatic heterocycles. The van der Waals surface area contributed by atoms with Gasteiger partial charge in [0.05, 0.1) is 18.1 Å². The maximum absolute atomic E-state index is 4.16. The van der Waals surface area contributed by atoms with E-state index in [1.807, 2.05) is 0 Å². The molecule has 0 saturated carbocycles. The fraction of sp³-hybridized carbons (Fsp3) is 0.385. The van der Waals surface area contributed by atoms with Gasteiger partial charge in [0, 0.05) is 0 Å². The Kier molecular flexibility index (Phi) is 2.54. The fourth-order valence-electron chi connectivity index (χ4n) is 1.66. The molecular weight excluding hydrogens is 198 g/mol. The highest BCUT2D eigenvalue weighted by Crippen LogP contribution is 2.25. The first kappa shape index (κ1) is 10.9. The van der Waals surface area contributed by atoms with E-state index in [9.17, 15) is 0 Å². The third-order valence-electron chi connectivity index (χ3n) is 2.58. The Morgan fingerprint density at radius 2 is 1.62 bits per heavy atom. The third kappa shape index (κ3) is 2.13. The van der Waals surface area contributed by atoms with Crippen LogP contribution in [0.4, 0.5) is 0 Å².